The number of hydrogen-bond acceptors (Lipinski definition) is 3. The van der Waals surface area contributed by atoms with Gasteiger partial charge in [0.2, 0.25) is 5.82 Å². The van der Waals surface area contributed by atoms with Gasteiger partial charge in [-0.15, -0.1) is 0 Å². The predicted octanol–water partition coefficient (Wildman–Crippen LogP) is 7.79. The highest BCUT2D eigenvalue weighted by Crippen LogP contribution is 2.34. The zero-order chi connectivity index (χ0) is 25.7. The summed E-state index contributed by atoms with van der Waals surface area (Å²) in [7, 11) is 0. The third-order valence-electron chi connectivity index (χ3n) is 6.13. The number of halogens is 4. The Morgan fingerprint density at radius 3 is 1.97 bits per heavy atom. The molecule has 7 heteroatoms. The first-order chi connectivity index (χ1) is 17.4. The van der Waals surface area contributed by atoms with Crippen LogP contribution in [0.2, 0.25) is 0 Å². The lowest BCUT2D eigenvalue weighted by Crippen LogP contribution is -2.30. The maximum absolute atomic E-state index is 15.0. The second kappa shape index (κ2) is 11.7. The summed E-state index contributed by atoms with van der Waals surface area (Å²) in [4.78, 5) is 0. The second-order valence-electron chi connectivity index (χ2n) is 8.61. The van der Waals surface area contributed by atoms with Gasteiger partial charge in [-0.25, -0.2) is 13.2 Å². The molecule has 0 aromatic heterocycles. The quantitative estimate of drug-likeness (QED) is 0.180. The minimum atomic E-state index is -1.05. The molecule has 1 fully saturated rings. The van der Waals surface area contributed by atoms with Crippen LogP contribution in [0.4, 0.5) is 17.6 Å². The summed E-state index contributed by atoms with van der Waals surface area (Å²) < 4.78 is 75.5. The average molecular weight is 501 g/mol. The molecule has 1 aliphatic heterocycles. The first kappa shape index (κ1) is 25.9. The highest BCUT2D eigenvalue weighted by molar-refractivity contribution is 5.72. The molecular weight excluding hydrogens is 472 g/mol. The van der Waals surface area contributed by atoms with E-state index in [2.05, 4.69) is 0 Å². The van der Waals surface area contributed by atoms with E-state index < -0.39 is 35.5 Å². The maximum atomic E-state index is 15.0. The third-order valence-corrected chi connectivity index (χ3v) is 6.13. The molecule has 3 aromatic carbocycles. The summed E-state index contributed by atoms with van der Waals surface area (Å²) in [6.07, 6.45) is 4.67. The average Bonchev–Trinajstić information content (AvgIpc) is 2.89. The topological polar surface area (TPSA) is 27.7 Å². The van der Waals surface area contributed by atoms with E-state index in [0.29, 0.717) is 17.7 Å². The van der Waals surface area contributed by atoms with Gasteiger partial charge in [-0.2, -0.15) is 4.39 Å². The fourth-order valence-corrected chi connectivity index (χ4v) is 4.09. The molecule has 190 valence electrons. The van der Waals surface area contributed by atoms with Crippen LogP contribution in [0, 0.1) is 23.3 Å². The van der Waals surface area contributed by atoms with Gasteiger partial charge >= 0.3 is 0 Å². The number of unbranched alkanes of at least 4 members (excludes halogenated alkanes) is 1. The molecule has 4 rings (SSSR count). The van der Waals surface area contributed by atoms with Crippen molar-refractivity contribution in [1.29, 1.82) is 0 Å². The van der Waals surface area contributed by atoms with Gasteiger partial charge < -0.3 is 14.2 Å². The minimum absolute atomic E-state index is 0.0532. The van der Waals surface area contributed by atoms with Crippen molar-refractivity contribution in [3.05, 3.63) is 89.5 Å². The second-order valence-corrected chi connectivity index (χ2v) is 8.61. The van der Waals surface area contributed by atoms with Gasteiger partial charge in [-0.1, -0.05) is 55.8 Å². The lowest BCUT2D eigenvalue weighted by Gasteiger charge is -2.28. The summed E-state index contributed by atoms with van der Waals surface area (Å²) in [6.45, 7) is 4.55. The molecular formula is C29H28F4O3. The first-order valence-corrected chi connectivity index (χ1v) is 12.0. The van der Waals surface area contributed by atoms with Crippen LogP contribution in [0.5, 0.6) is 5.75 Å². The van der Waals surface area contributed by atoms with Gasteiger partial charge in [0, 0.05) is 17.0 Å². The Balaban J connectivity index is 1.53. The molecule has 0 aliphatic carbocycles. The van der Waals surface area contributed by atoms with E-state index in [1.165, 1.54) is 24.3 Å². The number of benzene rings is 3. The van der Waals surface area contributed by atoms with E-state index in [4.69, 9.17) is 14.2 Å². The molecule has 3 nitrogen and oxygen atoms in total. The molecule has 0 N–H and O–H groups in total. The summed E-state index contributed by atoms with van der Waals surface area (Å²) in [6, 6.07) is 12.0. The Hall–Kier alpha value is -3.16. The van der Waals surface area contributed by atoms with E-state index in [1.54, 1.807) is 36.4 Å². The van der Waals surface area contributed by atoms with Crippen LogP contribution in [0.3, 0.4) is 0 Å². The highest BCUT2D eigenvalue weighted by atomic mass is 19.2. The molecule has 0 atom stereocenters. The number of ether oxygens (including phenoxy) is 3. The Labute approximate surface area is 208 Å². The van der Waals surface area contributed by atoms with E-state index >= 15 is 4.39 Å². The van der Waals surface area contributed by atoms with Crippen LogP contribution in [-0.2, 0) is 9.47 Å². The highest BCUT2D eigenvalue weighted by Gasteiger charge is 2.27. The molecule has 0 radical (unpaired) electrons. The third kappa shape index (κ3) is 5.47. The lowest BCUT2D eigenvalue weighted by molar-refractivity contribution is -0.159. The van der Waals surface area contributed by atoms with Crippen molar-refractivity contribution in [1.82, 2.24) is 0 Å². The van der Waals surface area contributed by atoms with Crippen LogP contribution >= 0.6 is 0 Å². The molecule has 36 heavy (non-hydrogen) atoms. The molecule has 0 bridgehead atoms. The summed E-state index contributed by atoms with van der Waals surface area (Å²) in [5, 5.41) is 0. The van der Waals surface area contributed by atoms with Crippen LogP contribution in [0.1, 0.15) is 38.2 Å². The molecule has 3 aromatic rings. The Kier molecular flexibility index (Phi) is 8.44. The Morgan fingerprint density at radius 2 is 1.39 bits per heavy atom. The monoisotopic (exact) mass is 500 g/mol. The van der Waals surface area contributed by atoms with Crippen LogP contribution in [0.25, 0.3) is 22.3 Å². The molecule has 0 unspecified atom stereocenters. The van der Waals surface area contributed by atoms with Crippen molar-refractivity contribution < 1.29 is 31.8 Å². The van der Waals surface area contributed by atoms with Crippen molar-refractivity contribution >= 4 is 0 Å². The van der Waals surface area contributed by atoms with Crippen LogP contribution < -0.4 is 4.74 Å². The predicted molar refractivity (Wildman–Crippen MR) is 131 cm³/mol. The summed E-state index contributed by atoms with van der Waals surface area (Å²) in [5.41, 5.74) is 1.12. The Bertz CT molecular complexity index is 1220. The maximum Gasteiger partial charge on any atom is 0.201 e. The number of hydrogen-bond donors (Lipinski definition) is 0. The molecule has 1 saturated heterocycles. The van der Waals surface area contributed by atoms with Crippen molar-refractivity contribution in [2.75, 3.05) is 19.8 Å². The summed E-state index contributed by atoms with van der Waals surface area (Å²) in [5.74, 6) is -4.57. The number of rotatable bonds is 8. The fourth-order valence-electron chi connectivity index (χ4n) is 4.09. The van der Waals surface area contributed by atoms with E-state index in [1.807, 2.05) is 13.8 Å². The molecule has 0 amide bonds. The zero-order valence-electron chi connectivity index (χ0n) is 20.2. The molecule has 0 saturated carbocycles. The zero-order valence-corrected chi connectivity index (χ0v) is 20.2. The van der Waals surface area contributed by atoms with Gasteiger partial charge in [0.25, 0.3) is 0 Å². The molecule has 1 aliphatic rings. The minimum Gasteiger partial charge on any atom is -0.490 e. The Morgan fingerprint density at radius 1 is 0.806 bits per heavy atom. The largest absolute Gasteiger partial charge is 0.490 e. The number of allylic oxidation sites excluding steroid dienone is 1. The van der Waals surface area contributed by atoms with Crippen LogP contribution in [0.15, 0.2) is 60.7 Å². The lowest BCUT2D eigenvalue weighted by atomic mass is 9.94. The van der Waals surface area contributed by atoms with Crippen molar-refractivity contribution in [2.45, 2.75) is 38.9 Å². The molecule has 1 heterocycles. The van der Waals surface area contributed by atoms with Crippen molar-refractivity contribution in [3.8, 4) is 28.0 Å². The molecule has 0 spiro atoms. The van der Waals surface area contributed by atoms with Gasteiger partial charge in [-0.3, -0.25) is 0 Å². The smallest absolute Gasteiger partial charge is 0.201 e. The van der Waals surface area contributed by atoms with Gasteiger partial charge in [0.05, 0.1) is 19.8 Å². The fraction of sp³-hybridized carbons (Fsp3) is 0.310. The SMILES string of the molecule is C/C=C/C1OCC(c2ccc(-c3ccc(-c4ccc(OCCCC)c(F)c4F)cc3)c(F)c2F)CO1. The van der Waals surface area contributed by atoms with E-state index in [-0.39, 0.29) is 35.7 Å². The standard InChI is InChI=1S/C29H28F4O3/c1-3-5-15-34-24-14-13-22(28(32)29(24)33)19-9-7-18(8-10-19)21-11-12-23(27(31)26(21)30)20-16-35-25(6-4-2)36-17-20/h4,6-14,20,25H,3,5,15-17H2,1-2H3/b6-4+. The van der Waals surface area contributed by atoms with E-state index in [0.717, 1.165) is 12.8 Å². The summed E-state index contributed by atoms with van der Waals surface area (Å²) >= 11 is 0. The van der Waals surface area contributed by atoms with Gasteiger partial charge in [0.1, 0.15) is 0 Å². The van der Waals surface area contributed by atoms with Gasteiger partial charge in [0.15, 0.2) is 29.5 Å². The van der Waals surface area contributed by atoms with Gasteiger partial charge in [-0.05, 0) is 48.2 Å². The van der Waals surface area contributed by atoms with Crippen molar-refractivity contribution in [3.63, 3.8) is 0 Å². The first-order valence-electron chi connectivity index (χ1n) is 12.0. The normalized spacial score (nSPS) is 18.1. The van der Waals surface area contributed by atoms with Crippen LogP contribution in [-0.4, -0.2) is 26.1 Å². The van der Waals surface area contributed by atoms with Crippen molar-refractivity contribution in [2.24, 2.45) is 0 Å². The van der Waals surface area contributed by atoms with E-state index in [9.17, 15) is 13.2 Å².